The van der Waals surface area contributed by atoms with Crippen molar-refractivity contribution in [1.29, 1.82) is 0 Å². The van der Waals surface area contributed by atoms with Crippen LogP contribution in [0.15, 0.2) is 53.5 Å². The molecular weight excluding hydrogens is 481 g/mol. The number of hydrogen-bond donors (Lipinski definition) is 3. The largest absolute Gasteiger partial charge is 0.497 e. The second-order valence-corrected chi connectivity index (χ2v) is 6.57. The minimum atomic E-state index is 0. The lowest BCUT2D eigenvalue weighted by atomic mass is 10.2. The van der Waals surface area contributed by atoms with E-state index in [2.05, 4.69) is 50.1 Å². The van der Waals surface area contributed by atoms with Crippen molar-refractivity contribution in [2.75, 3.05) is 38.7 Å². The first-order valence-electron chi connectivity index (χ1n) is 9.36. The van der Waals surface area contributed by atoms with Crippen LogP contribution in [0.25, 0.3) is 0 Å². The second-order valence-electron chi connectivity index (χ2n) is 6.57. The van der Waals surface area contributed by atoms with E-state index in [0.29, 0.717) is 26.2 Å². The Hall–Kier alpha value is -2.49. The highest BCUT2D eigenvalue weighted by Gasteiger charge is 2.16. The SMILES string of the molecule is CN=C(NCc1ccc(N2CCNC(=O)C2)cc1)NCc1cccc(OC)c1.I. The summed E-state index contributed by atoms with van der Waals surface area (Å²) >= 11 is 0. The van der Waals surface area contributed by atoms with Crippen LogP contribution in [0.4, 0.5) is 5.69 Å². The molecule has 1 saturated heterocycles. The Morgan fingerprint density at radius 2 is 1.86 bits per heavy atom. The molecule has 1 fully saturated rings. The quantitative estimate of drug-likeness (QED) is 0.316. The van der Waals surface area contributed by atoms with Gasteiger partial charge >= 0.3 is 0 Å². The van der Waals surface area contributed by atoms with Crippen LogP contribution in [0.2, 0.25) is 0 Å². The van der Waals surface area contributed by atoms with E-state index in [1.165, 1.54) is 0 Å². The fourth-order valence-corrected chi connectivity index (χ4v) is 3.06. The normalized spacial score (nSPS) is 13.9. The van der Waals surface area contributed by atoms with Crippen LogP contribution in [-0.4, -0.2) is 45.7 Å². The third-order valence-electron chi connectivity index (χ3n) is 4.62. The summed E-state index contributed by atoms with van der Waals surface area (Å²) < 4.78 is 5.25. The van der Waals surface area contributed by atoms with Gasteiger partial charge in [-0.3, -0.25) is 9.79 Å². The first-order chi connectivity index (χ1) is 13.7. The van der Waals surface area contributed by atoms with Crippen LogP contribution in [0.3, 0.4) is 0 Å². The number of ether oxygens (including phenoxy) is 1. The average Bonchev–Trinajstić information content (AvgIpc) is 2.74. The van der Waals surface area contributed by atoms with Crippen molar-refractivity contribution in [3.05, 3.63) is 59.7 Å². The molecule has 7 nitrogen and oxygen atoms in total. The number of nitrogens with zero attached hydrogens (tertiary/aromatic N) is 2. The maximum Gasteiger partial charge on any atom is 0.239 e. The molecule has 0 aromatic heterocycles. The lowest BCUT2D eigenvalue weighted by Gasteiger charge is -2.28. The standard InChI is InChI=1S/C21H27N5O2.HI/c1-22-21(25-14-17-4-3-5-19(12-17)28-2)24-13-16-6-8-18(9-7-16)26-11-10-23-20(27)15-26;/h3-9,12H,10-11,13-15H2,1-2H3,(H,23,27)(H2,22,24,25);1H. The van der Waals surface area contributed by atoms with E-state index in [1.807, 2.05) is 24.3 Å². The number of guanidine groups is 1. The van der Waals surface area contributed by atoms with E-state index in [9.17, 15) is 4.79 Å². The Morgan fingerprint density at radius 1 is 1.14 bits per heavy atom. The van der Waals surface area contributed by atoms with E-state index < -0.39 is 0 Å². The molecule has 2 aromatic rings. The van der Waals surface area contributed by atoms with Crippen LogP contribution < -0.4 is 25.6 Å². The first kappa shape index (κ1) is 22.8. The number of halogens is 1. The third kappa shape index (κ3) is 6.81. The molecule has 29 heavy (non-hydrogen) atoms. The topological polar surface area (TPSA) is 78.0 Å². The number of nitrogens with one attached hydrogen (secondary N) is 3. The summed E-state index contributed by atoms with van der Waals surface area (Å²) in [5.74, 6) is 1.65. The number of rotatable bonds is 6. The average molecular weight is 509 g/mol. The van der Waals surface area contributed by atoms with E-state index in [4.69, 9.17) is 4.74 Å². The molecule has 3 rings (SSSR count). The van der Waals surface area contributed by atoms with Crippen LogP contribution in [0.1, 0.15) is 11.1 Å². The number of methoxy groups -OCH3 is 1. The monoisotopic (exact) mass is 509 g/mol. The molecule has 156 valence electrons. The van der Waals surface area contributed by atoms with Crippen molar-refractivity contribution in [2.24, 2.45) is 4.99 Å². The molecule has 1 aliphatic heterocycles. The summed E-state index contributed by atoms with van der Waals surface area (Å²) in [6.07, 6.45) is 0. The Bertz CT molecular complexity index is 826. The predicted molar refractivity (Wildman–Crippen MR) is 127 cm³/mol. The summed E-state index contributed by atoms with van der Waals surface area (Å²) in [6.45, 7) is 3.27. The van der Waals surface area contributed by atoms with Gasteiger partial charge in [0.25, 0.3) is 0 Å². The highest BCUT2D eigenvalue weighted by atomic mass is 127. The van der Waals surface area contributed by atoms with Gasteiger partial charge in [0.15, 0.2) is 5.96 Å². The van der Waals surface area contributed by atoms with Crippen molar-refractivity contribution < 1.29 is 9.53 Å². The van der Waals surface area contributed by atoms with Gasteiger partial charge < -0.3 is 25.6 Å². The predicted octanol–water partition coefficient (Wildman–Crippen LogP) is 2.11. The van der Waals surface area contributed by atoms with Crippen LogP contribution in [0, 0.1) is 0 Å². The van der Waals surface area contributed by atoms with Crippen molar-refractivity contribution in [1.82, 2.24) is 16.0 Å². The van der Waals surface area contributed by atoms with Crippen LogP contribution in [0.5, 0.6) is 5.75 Å². The Labute approximate surface area is 188 Å². The molecule has 3 N–H and O–H groups in total. The summed E-state index contributed by atoms with van der Waals surface area (Å²) in [5, 5.41) is 9.47. The highest BCUT2D eigenvalue weighted by Crippen LogP contribution is 2.16. The molecule has 1 aliphatic rings. The zero-order valence-electron chi connectivity index (χ0n) is 16.8. The summed E-state index contributed by atoms with van der Waals surface area (Å²) in [4.78, 5) is 17.9. The Kier molecular flexibility index (Phi) is 9.04. The smallest absolute Gasteiger partial charge is 0.239 e. The fraction of sp³-hybridized carbons (Fsp3) is 0.333. The number of amides is 1. The van der Waals surface area contributed by atoms with Gasteiger partial charge in [-0.1, -0.05) is 24.3 Å². The molecule has 0 radical (unpaired) electrons. The maximum atomic E-state index is 11.5. The van der Waals surface area contributed by atoms with Crippen LogP contribution >= 0.6 is 24.0 Å². The summed E-state index contributed by atoms with van der Waals surface area (Å²) in [6, 6.07) is 16.2. The van der Waals surface area contributed by atoms with Crippen molar-refractivity contribution in [3.8, 4) is 5.75 Å². The highest BCUT2D eigenvalue weighted by molar-refractivity contribution is 14.0. The number of carbonyl (C=O) groups excluding carboxylic acids is 1. The van der Waals surface area contributed by atoms with Gasteiger partial charge in [0.05, 0.1) is 13.7 Å². The van der Waals surface area contributed by atoms with Gasteiger partial charge in [-0.15, -0.1) is 24.0 Å². The third-order valence-corrected chi connectivity index (χ3v) is 4.62. The molecule has 0 bridgehead atoms. The van der Waals surface area contributed by atoms with Gasteiger partial charge in [-0.05, 0) is 35.4 Å². The number of hydrogen-bond acceptors (Lipinski definition) is 4. The van der Waals surface area contributed by atoms with Gasteiger partial charge in [0, 0.05) is 38.9 Å². The van der Waals surface area contributed by atoms with E-state index in [0.717, 1.165) is 35.1 Å². The van der Waals surface area contributed by atoms with Gasteiger partial charge in [0.1, 0.15) is 5.75 Å². The van der Waals surface area contributed by atoms with E-state index >= 15 is 0 Å². The molecule has 1 heterocycles. The Balaban J connectivity index is 0.00000300. The Morgan fingerprint density at radius 3 is 2.52 bits per heavy atom. The molecule has 0 saturated carbocycles. The van der Waals surface area contributed by atoms with E-state index in [-0.39, 0.29) is 29.9 Å². The minimum absolute atomic E-state index is 0. The van der Waals surface area contributed by atoms with Crippen LogP contribution in [-0.2, 0) is 17.9 Å². The number of piperazine rings is 1. The summed E-state index contributed by atoms with van der Waals surface area (Å²) in [5.41, 5.74) is 3.34. The molecule has 0 unspecified atom stereocenters. The number of anilines is 1. The number of aliphatic imine (C=N–C) groups is 1. The summed E-state index contributed by atoms with van der Waals surface area (Å²) in [7, 11) is 3.42. The molecule has 0 spiro atoms. The van der Waals surface area contributed by atoms with Crippen molar-refractivity contribution in [2.45, 2.75) is 13.1 Å². The van der Waals surface area contributed by atoms with Crippen molar-refractivity contribution in [3.63, 3.8) is 0 Å². The van der Waals surface area contributed by atoms with Gasteiger partial charge in [-0.2, -0.15) is 0 Å². The molecule has 0 atom stereocenters. The van der Waals surface area contributed by atoms with E-state index in [1.54, 1.807) is 14.2 Å². The molecule has 1 amide bonds. The zero-order chi connectivity index (χ0) is 19.8. The maximum absolute atomic E-state index is 11.5. The molecule has 8 heteroatoms. The van der Waals surface area contributed by atoms with Crippen molar-refractivity contribution >= 4 is 41.5 Å². The van der Waals surface area contributed by atoms with Gasteiger partial charge in [-0.25, -0.2) is 0 Å². The lowest BCUT2D eigenvalue weighted by molar-refractivity contribution is -0.120. The molecule has 0 aliphatic carbocycles. The fourth-order valence-electron chi connectivity index (χ4n) is 3.06. The molecule has 2 aromatic carbocycles. The zero-order valence-corrected chi connectivity index (χ0v) is 19.1. The lowest BCUT2D eigenvalue weighted by Crippen LogP contribution is -2.47. The number of benzene rings is 2. The molecular formula is C21H28IN5O2. The number of carbonyl (C=O) groups is 1. The minimum Gasteiger partial charge on any atom is -0.497 e. The second kappa shape index (κ2) is 11.5. The van der Waals surface area contributed by atoms with Gasteiger partial charge in [0.2, 0.25) is 5.91 Å². The first-order valence-corrected chi connectivity index (χ1v) is 9.36.